The van der Waals surface area contributed by atoms with E-state index in [2.05, 4.69) is 25.7 Å². The van der Waals surface area contributed by atoms with Crippen LogP contribution in [0, 0.1) is 11.3 Å². The SMILES string of the molecule is CCN1CCC2(CCN(C(=O)C3CCN(C(C)C)CC3)CC2)C1=O. The molecule has 3 fully saturated rings. The molecular weight excluding hydrogens is 302 g/mol. The lowest BCUT2D eigenvalue weighted by Gasteiger charge is -2.41. The molecule has 0 aromatic heterocycles. The number of amides is 2. The normalized spacial score (nSPS) is 25.9. The Morgan fingerprint density at radius 3 is 2.17 bits per heavy atom. The van der Waals surface area contributed by atoms with Crippen molar-refractivity contribution in [1.82, 2.24) is 14.7 Å². The molecule has 2 amide bonds. The first-order valence-corrected chi connectivity index (χ1v) is 9.79. The zero-order chi connectivity index (χ0) is 17.3. The van der Waals surface area contributed by atoms with Gasteiger partial charge in [-0.2, -0.15) is 0 Å². The molecule has 0 N–H and O–H groups in total. The van der Waals surface area contributed by atoms with Gasteiger partial charge in [0, 0.05) is 38.1 Å². The number of carbonyl (C=O) groups excluding carboxylic acids is 2. The second-order valence-corrected chi connectivity index (χ2v) is 8.14. The largest absolute Gasteiger partial charge is 0.342 e. The quantitative estimate of drug-likeness (QED) is 0.792. The standard InChI is InChI=1S/C19H33N3O2/c1-4-20-12-7-19(18(20)24)8-13-22(14-9-19)17(23)16-5-10-21(11-6-16)15(2)3/h15-16H,4-14H2,1-3H3. The van der Waals surface area contributed by atoms with Crippen molar-refractivity contribution in [2.75, 3.05) is 39.3 Å². The van der Waals surface area contributed by atoms with E-state index in [1.807, 2.05) is 9.80 Å². The molecule has 3 saturated heterocycles. The highest BCUT2D eigenvalue weighted by molar-refractivity contribution is 5.85. The minimum Gasteiger partial charge on any atom is -0.342 e. The zero-order valence-electron chi connectivity index (χ0n) is 15.6. The molecule has 0 aromatic rings. The van der Waals surface area contributed by atoms with Crippen LogP contribution in [-0.4, -0.2) is 71.8 Å². The van der Waals surface area contributed by atoms with E-state index in [0.717, 1.165) is 71.4 Å². The van der Waals surface area contributed by atoms with Crippen LogP contribution in [0.3, 0.4) is 0 Å². The summed E-state index contributed by atoms with van der Waals surface area (Å²) < 4.78 is 0. The van der Waals surface area contributed by atoms with E-state index >= 15 is 0 Å². The molecule has 0 aromatic carbocycles. The molecule has 0 saturated carbocycles. The molecule has 5 heteroatoms. The zero-order valence-corrected chi connectivity index (χ0v) is 15.6. The Hall–Kier alpha value is -1.10. The van der Waals surface area contributed by atoms with Gasteiger partial charge in [-0.25, -0.2) is 0 Å². The Bertz CT molecular complexity index is 475. The first-order valence-electron chi connectivity index (χ1n) is 9.79. The Labute approximate surface area is 146 Å². The molecule has 0 aliphatic carbocycles. The maximum absolute atomic E-state index is 12.8. The summed E-state index contributed by atoms with van der Waals surface area (Å²) in [5.41, 5.74) is -0.159. The van der Waals surface area contributed by atoms with Crippen LogP contribution in [0.1, 0.15) is 52.9 Å². The van der Waals surface area contributed by atoms with E-state index in [0.29, 0.717) is 17.9 Å². The summed E-state index contributed by atoms with van der Waals surface area (Å²) in [4.78, 5) is 31.9. The molecule has 3 rings (SSSR count). The summed E-state index contributed by atoms with van der Waals surface area (Å²) in [7, 11) is 0. The predicted octanol–water partition coefficient (Wildman–Crippen LogP) is 1.97. The fourth-order valence-electron chi connectivity index (χ4n) is 4.73. The molecule has 3 heterocycles. The lowest BCUT2D eigenvalue weighted by atomic mass is 9.76. The van der Waals surface area contributed by atoms with Crippen LogP contribution in [0.2, 0.25) is 0 Å². The fourth-order valence-corrected chi connectivity index (χ4v) is 4.73. The molecule has 0 radical (unpaired) electrons. The summed E-state index contributed by atoms with van der Waals surface area (Å²) in [5, 5.41) is 0. The maximum atomic E-state index is 12.8. The first kappa shape index (κ1) is 17.7. The lowest BCUT2D eigenvalue weighted by molar-refractivity contribution is -0.145. The Morgan fingerprint density at radius 2 is 1.67 bits per heavy atom. The molecule has 3 aliphatic heterocycles. The molecule has 0 atom stereocenters. The summed E-state index contributed by atoms with van der Waals surface area (Å²) in [6.45, 7) is 11.8. The van der Waals surface area contributed by atoms with Gasteiger partial charge in [-0.05, 0) is 66.0 Å². The van der Waals surface area contributed by atoms with Crippen molar-refractivity contribution in [3.05, 3.63) is 0 Å². The topological polar surface area (TPSA) is 43.9 Å². The van der Waals surface area contributed by atoms with E-state index in [-0.39, 0.29) is 11.3 Å². The summed E-state index contributed by atoms with van der Waals surface area (Å²) >= 11 is 0. The molecule has 3 aliphatic rings. The number of piperidine rings is 2. The average molecular weight is 335 g/mol. The molecule has 0 bridgehead atoms. The highest BCUT2D eigenvalue weighted by atomic mass is 16.2. The third kappa shape index (κ3) is 3.19. The van der Waals surface area contributed by atoms with Crippen molar-refractivity contribution >= 4 is 11.8 Å². The van der Waals surface area contributed by atoms with Crippen molar-refractivity contribution in [3.63, 3.8) is 0 Å². The summed E-state index contributed by atoms with van der Waals surface area (Å²) in [6.07, 6.45) is 4.68. The van der Waals surface area contributed by atoms with Gasteiger partial charge in [0.05, 0.1) is 5.41 Å². The molecule has 0 unspecified atom stereocenters. The maximum Gasteiger partial charge on any atom is 0.228 e. The highest BCUT2D eigenvalue weighted by Crippen LogP contribution is 2.41. The van der Waals surface area contributed by atoms with Crippen LogP contribution in [0.4, 0.5) is 0 Å². The van der Waals surface area contributed by atoms with E-state index < -0.39 is 0 Å². The molecule has 1 spiro atoms. The molecule has 136 valence electrons. The van der Waals surface area contributed by atoms with Gasteiger partial charge in [0.2, 0.25) is 11.8 Å². The monoisotopic (exact) mass is 335 g/mol. The molecular formula is C19H33N3O2. The van der Waals surface area contributed by atoms with Crippen molar-refractivity contribution in [2.45, 2.75) is 58.9 Å². The van der Waals surface area contributed by atoms with E-state index in [1.54, 1.807) is 0 Å². The smallest absolute Gasteiger partial charge is 0.228 e. The Morgan fingerprint density at radius 1 is 1.08 bits per heavy atom. The molecule has 24 heavy (non-hydrogen) atoms. The van der Waals surface area contributed by atoms with Gasteiger partial charge in [-0.3, -0.25) is 9.59 Å². The van der Waals surface area contributed by atoms with Crippen molar-refractivity contribution in [3.8, 4) is 0 Å². The van der Waals surface area contributed by atoms with Gasteiger partial charge in [-0.1, -0.05) is 0 Å². The van der Waals surface area contributed by atoms with Crippen molar-refractivity contribution in [1.29, 1.82) is 0 Å². The van der Waals surface area contributed by atoms with Gasteiger partial charge in [0.25, 0.3) is 0 Å². The second kappa shape index (κ2) is 7.03. The van der Waals surface area contributed by atoms with Gasteiger partial charge >= 0.3 is 0 Å². The average Bonchev–Trinajstić information content (AvgIpc) is 2.91. The van der Waals surface area contributed by atoms with Crippen LogP contribution in [0.15, 0.2) is 0 Å². The summed E-state index contributed by atoms with van der Waals surface area (Å²) in [5.74, 6) is 0.869. The van der Waals surface area contributed by atoms with Crippen LogP contribution in [0.5, 0.6) is 0 Å². The number of likely N-dealkylation sites (tertiary alicyclic amines) is 3. The number of carbonyl (C=O) groups is 2. The van der Waals surface area contributed by atoms with Gasteiger partial charge < -0.3 is 14.7 Å². The fraction of sp³-hybridized carbons (Fsp3) is 0.895. The Kier molecular flexibility index (Phi) is 5.19. The van der Waals surface area contributed by atoms with Crippen LogP contribution in [-0.2, 0) is 9.59 Å². The number of nitrogens with zero attached hydrogens (tertiary/aromatic N) is 3. The van der Waals surface area contributed by atoms with E-state index in [4.69, 9.17) is 0 Å². The third-order valence-electron chi connectivity index (χ3n) is 6.62. The van der Waals surface area contributed by atoms with Gasteiger partial charge in [0.15, 0.2) is 0 Å². The third-order valence-corrected chi connectivity index (χ3v) is 6.62. The van der Waals surface area contributed by atoms with Crippen LogP contribution >= 0.6 is 0 Å². The number of hydrogen-bond donors (Lipinski definition) is 0. The van der Waals surface area contributed by atoms with Crippen molar-refractivity contribution < 1.29 is 9.59 Å². The minimum absolute atomic E-state index is 0.159. The van der Waals surface area contributed by atoms with Crippen LogP contribution in [0.25, 0.3) is 0 Å². The first-order chi connectivity index (χ1) is 11.5. The lowest BCUT2D eigenvalue weighted by Crippen LogP contribution is -2.50. The molecule has 5 nitrogen and oxygen atoms in total. The van der Waals surface area contributed by atoms with Crippen LogP contribution < -0.4 is 0 Å². The minimum atomic E-state index is -0.159. The van der Waals surface area contributed by atoms with Crippen molar-refractivity contribution in [2.24, 2.45) is 11.3 Å². The van der Waals surface area contributed by atoms with Gasteiger partial charge in [-0.15, -0.1) is 0 Å². The van der Waals surface area contributed by atoms with E-state index in [1.165, 1.54) is 0 Å². The Balaban J connectivity index is 1.52. The predicted molar refractivity (Wildman–Crippen MR) is 94.6 cm³/mol. The summed E-state index contributed by atoms with van der Waals surface area (Å²) in [6, 6.07) is 0.575. The highest BCUT2D eigenvalue weighted by Gasteiger charge is 2.48. The van der Waals surface area contributed by atoms with Gasteiger partial charge in [0.1, 0.15) is 0 Å². The number of rotatable bonds is 3. The second-order valence-electron chi connectivity index (χ2n) is 8.14. The number of hydrogen-bond acceptors (Lipinski definition) is 3. The van der Waals surface area contributed by atoms with E-state index in [9.17, 15) is 9.59 Å².